The third-order valence-electron chi connectivity index (χ3n) is 17.3. The summed E-state index contributed by atoms with van der Waals surface area (Å²) in [5.74, 6) is -1.31. The van der Waals surface area contributed by atoms with Crippen LogP contribution in [-0.4, -0.2) is 150 Å². The van der Waals surface area contributed by atoms with Gasteiger partial charge >= 0.3 is 5.97 Å². The molecule has 0 unspecified atom stereocenters. The zero-order valence-corrected chi connectivity index (χ0v) is 34.4. The highest BCUT2D eigenvalue weighted by atomic mass is 16.7. The predicted octanol–water partition coefficient (Wildman–Crippen LogP) is 0.258. The van der Waals surface area contributed by atoms with E-state index in [-0.39, 0.29) is 36.7 Å². The fraction of sp³-hybridized carbons (Fsp3) is 0.929. The molecule has 4 saturated carbocycles. The molecule has 2 saturated heterocycles. The van der Waals surface area contributed by atoms with Crippen molar-refractivity contribution in [2.24, 2.45) is 50.2 Å². The number of aliphatic hydroxyl groups is 10. The number of esters is 1. The standard InChI is InChI=1S/C42H68O15/c1-19-27(47)29(49)31(51)34(54-19)57-36(53)42-13-12-37(2,3)14-21(42)20-8-9-25-38(4)15-22(45)33(56-35-32(52)30(50)28(48)23(17-43)55-35)39(5,18-44)24(38)10-11-40(25,6)41(20,7)16-26(42)46/h8,19,21-35,43-52H,9-18H2,1-7H3/t19-,21-,22-,23+,24+,25+,26+,27-,28+,29+,30-,31+,32+,33-,34-,35-,38-,39-,40+,41+,42+/m0/s1. The maximum absolute atomic E-state index is 14.6. The third kappa shape index (κ3) is 6.26. The first kappa shape index (κ1) is 43.8. The number of aliphatic hydroxyl groups excluding tert-OH is 10. The molecule has 15 nitrogen and oxygen atoms in total. The summed E-state index contributed by atoms with van der Waals surface area (Å²) in [6.07, 6.45) is -11.6. The highest BCUT2D eigenvalue weighted by Crippen LogP contribution is 2.76. The van der Waals surface area contributed by atoms with Crippen molar-refractivity contribution in [3.05, 3.63) is 11.6 Å². The van der Waals surface area contributed by atoms with Crippen molar-refractivity contribution >= 4 is 5.97 Å². The molecule has 0 amide bonds. The van der Waals surface area contributed by atoms with E-state index >= 15 is 0 Å². The Bertz CT molecular complexity index is 1560. The van der Waals surface area contributed by atoms with E-state index in [1.165, 1.54) is 6.92 Å². The van der Waals surface area contributed by atoms with Crippen molar-refractivity contribution in [1.29, 1.82) is 0 Å². The van der Waals surface area contributed by atoms with Gasteiger partial charge < -0.3 is 70.0 Å². The Balaban J connectivity index is 1.21. The Morgan fingerprint density at radius 2 is 1.42 bits per heavy atom. The average Bonchev–Trinajstić information content (AvgIpc) is 3.14. The first-order valence-corrected chi connectivity index (χ1v) is 21.0. The van der Waals surface area contributed by atoms with Crippen molar-refractivity contribution in [2.45, 2.75) is 180 Å². The van der Waals surface area contributed by atoms with Crippen molar-refractivity contribution in [3.8, 4) is 0 Å². The smallest absolute Gasteiger partial charge is 0.317 e. The van der Waals surface area contributed by atoms with Gasteiger partial charge in [-0.1, -0.05) is 53.2 Å². The topological polar surface area (TPSA) is 256 Å². The molecule has 57 heavy (non-hydrogen) atoms. The number of rotatable bonds is 6. The minimum absolute atomic E-state index is 0.0327. The molecule has 2 aliphatic heterocycles. The molecule has 0 bridgehead atoms. The second-order valence-electron chi connectivity index (χ2n) is 20.8. The maximum atomic E-state index is 14.6. The average molecular weight is 813 g/mol. The molecule has 0 radical (unpaired) electrons. The fourth-order valence-corrected chi connectivity index (χ4v) is 13.7. The highest BCUT2D eigenvalue weighted by molar-refractivity contribution is 5.80. The molecule has 0 aromatic rings. The van der Waals surface area contributed by atoms with Crippen LogP contribution in [0.4, 0.5) is 0 Å². The van der Waals surface area contributed by atoms with E-state index in [0.29, 0.717) is 38.5 Å². The van der Waals surface area contributed by atoms with Crippen LogP contribution in [0.2, 0.25) is 0 Å². The van der Waals surface area contributed by atoms with Crippen LogP contribution >= 0.6 is 0 Å². The number of allylic oxidation sites excluding steroid dienone is 2. The van der Waals surface area contributed by atoms with E-state index in [4.69, 9.17) is 18.9 Å². The number of carbonyl (C=O) groups excluding carboxylic acids is 1. The lowest BCUT2D eigenvalue weighted by atomic mass is 9.33. The van der Waals surface area contributed by atoms with E-state index in [1.54, 1.807) is 0 Å². The molecule has 21 atom stereocenters. The van der Waals surface area contributed by atoms with Gasteiger partial charge in [-0.05, 0) is 97.7 Å². The summed E-state index contributed by atoms with van der Waals surface area (Å²) >= 11 is 0. The predicted molar refractivity (Wildman–Crippen MR) is 200 cm³/mol. The largest absolute Gasteiger partial charge is 0.432 e. The van der Waals surface area contributed by atoms with E-state index in [0.717, 1.165) is 5.57 Å². The summed E-state index contributed by atoms with van der Waals surface area (Å²) in [5, 5.41) is 109. The first-order chi connectivity index (χ1) is 26.5. The SMILES string of the molecule is C[C@@H]1O[C@@H](OC(=O)[C@]23CCC(C)(C)C[C@H]2C2=CC[C@@H]4[C@@]5(C)C[C@H](O)[C@H](O[C@@H]6O[C@H](CO)[C@@H](O)[C@H](O)[C@H]6O)[C@@](C)(CO)[C@@H]5CC[C@@]4(C)[C@]2(C)C[C@H]3O)[C@H](O)[C@H](O)[C@H]1O. The van der Waals surface area contributed by atoms with Gasteiger partial charge in [0.1, 0.15) is 48.1 Å². The van der Waals surface area contributed by atoms with Gasteiger partial charge in [0, 0.05) is 5.41 Å². The molecule has 326 valence electrons. The molecule has 0 aromatic carbocycles. The molecule has 5 aliphatic carbocycles. The lowest BCUT2D eigenvalue weighted by Crippen LogP contribution is -2.70. The summed E-state index contributed by atoms with van der Waals surface area (Å²) in [6, 6.07) is 0. The van der Waals surface area contributed by atoms with Gasteiger partial charge in [0.15, 0.2) is 6.29 Å². The second-order valence-corrected chi connectivity index (χ2v) is 20.8. The maximum Gasteiger partial charge on any atom is 0.317 e. The Hall–Kier alpha value is -1.31. The zero-order chi connectivity index (χ0) is 42.0. The van der Waals surface area contributed by atoms with E-state index in [1.807, 2.05) is 6.92 Å². The Morgan fingerprint density at radius 1 is 0.772 bits per heavy atom. The van der Waals surface area contributed by atoms with Crippen LogP contribution in [0.25, 0.3) is 0 Å². The van der Waals surface area contributed by atoms with Gasteiger partial charge in [-0.3, -0.25) is 4.79 Å². The van der Waals surface area contributed by atoms with E-state index in [2.05, 4.69) is 40.7 Å². The molecular formula is C42H68O15. The first-order valence-electron chi connectivity index (χ1n) is 21.0. The summed E-state index contributed by atoms with van der Waals surface area (Å²) < 4.78 is 23.5. The summed E-state index contributed by atoms with van der Waals surface area (Å²) in [7, 11) is 0. The molecular weight excluding hydrogens is 744 g/mol. The zero-order valence-electron chi connectivity index (χ0n) is 34.4. The van der Waals surface area contributed by atoms with Gasteiger partial charge in [-0.2, -0.15) is 0 Å². The summed E-state index contributed by atoms with van der Waals surface area (Å²) in [5.41, 5.74) is -3.03. The Kier molecular flexibility index (Phi) is 11.3. The van der Waals surface area contributed by atoms with E-state index < -0.39 is 125 Å². The quantitative estimate of drug-likeness (QED) is 0.0981. The number of carbonyl (C=O) groups is 1. The van der Waals surface area contributed by atoms with Gasteiger partial charge in [-0.15, -0.1) is 0 Å². The number of ether oxygens (including phenoxy) is 4. The monoisotopic (exact) mass is 812 g/mol. The van der Waals surface area contributed by atoms with Gasteiger partial charge in [0.25, 0.3) is 0 Å². The van der Waals surface area contributed by atoms with Crippen molar-refractivity contribution in [3.63, 3.8) is 0 Å². The van der Waals surface area contributed by atoms with Crippen molar-refractivity contribution in [2.75, 3.05) is 13.2 Å². The Labute approximate surface area is 335 Å². The van der Waals surface area contributed by atoms with Crippen LogP contribution < -0.4 is 0 Å². The fourth-order valence-electron chi connectivity index (χ4n) is 13.7. The summed E-state index contributed by atoms with van der Waals surface area (Å²) in [6.45, 7) is 13.3. The molecule has 7 rings (SSSR count). The van der Waals surface area contributed by atoms with Gasteiger partial charge in [0.05, 0.1) is 37.6 Å². The van der Waals surface area contributed by atoms with Crippen molar-refractivity contribution in [1.82, 2.24) is 0 Å². The molecule has 0 spiro atoms. The van der Waals surface area contributed by atoms with Crippen LogP contribution in [0.15, 0.2) is 11.6 Å². The third-order valence-corrected chi connectivity index (χ3v) is 17.3. The summed E-state index contributed by atoms with van der Waals surface area (Å²) in [4.78, 5) is 14.6. The Morgan fingerprint density at radius 3 is 2.07 bits per heavy atom. The molecule has 2 heterocycles. The highest BCUT2D eigenvalue weighted by Gasteiger charge is 2.73. The molecule has 10 N–H and O–H groups in total. The molecule has 7 aliphatic rings. The van der Waals surface area contributed by atoms with E-state index in [9.17, 15) is 55.9 Å². The van der Waals surface area contributed by atoms with Crippen LogP contribution in [0.1, 0.15) is 99.8 Å². The molecule has 0 aromatic heterocycles. The van der Waals surface area contributed by atoms with Crippen LogP contribution in [-0.2, 0) is 23.7 Å². The normalized spacial score (nSPS) is 56.0. The number of hydrogen-bond donors (Lipinski definition) is 10. The molecule has 15 heteroatoms. The van der Waals surface area contributed by atoms with Crippen LogP contribution in [0.3, 0.4) is 0 Å². The second kappa shape index (κ2) is 14.7. The minimum atomic E-state index is -1.68. The van der Waals surface area contributed by atoms with Crippen LogP contribution in [0, 0.1) is 50.2 Å². The van der Waals surface area contributed by atoms with Crippen molar-refractivity contribution < 1.29 is 74.8 Å². The number of fused-ring (bicyclic) bond motifs is 7. The van der Waals surface area contributed by atoms with Crippen LogP contribution in [0.5, 0.6) is 0 Å². The number of hydrogen-bond acceptors (Lipinski definition) is 15. The van der Waals surface area contributed by atoms with Gasteiger partial charge in [-0.25, -0.2) is 0 Å². The van der Waals surface area contributed by atoms with Gasteiger partial charge in [0.2, 0.25) is 6.29 Å². The minimum Gasteiger partial charge on any atom is -0.432 e. The lowest BCUT2D eigenvalue weighted by Gasteiger charge is -2.72. The molecule has 6 fully saturated rings. The lowest BCUT2D eigenvalue weighted by molar-refractivity contribution is -0.345.